The van der Waals surface area contributed by atoms with Crippen LogP contribution in [0.25, 0.3) is 0 Å². The quantitative estimate of drug-likeness (QED) is 0.358. The van der Waals surface area contributed by atoms with Gasteiger partial charge in [0.15, 0.2) is 11.6 Å². The van der Waals surface area contributed by atoms with Gasteiger partial charge >= 0.3 is 0 Å². The number of hydrogen-bond donors (Lipinski definition) is 1. The number of aromatic nitrogens is 3. The molecule has 36 heavy (non-hydrogen) atoms. The van der Waals surface area contributed by atoms with Gasteiger partial charge in [0.05, 0.1) is 20.0 Å². The molecule has 0 radical (unpaired) electrons. The van der Waals surface area contributed by atoms with Gasteiger partial charge in [-0.2, -0.15) is 4.98 Å². The van der Waals surface area contributed by atoms with E-state index in [1.807, 2.05) is 24.3 Å². The zero-order valence-electron chi connectivity index (χ0n) is 20.7. The smallest absolute Gasteiger partial charge is 0.227 e. The molecule has 0 saturated carbocycles. The van der Waals surface area contributed by atoms with Gasteiger partial charge in [0.25, 0.3) is 0 Å². The van der Waals surface area contributed by atoms with Crippen molar-refractivity contribution < 1.29 is 19.1 Å². The van der Waals surface area contributed by atoms with Crippen molar-refractivity contribution in [1.29, 1.82) is 0 Å². The van der Waals surface area contributed by atoms with E-state index >= 15 is 0 Å². The highest BCUT2D eigenvalue weighted by Crippen LogP contribution is 2.47. The van der Waals surface area contributed by atoms with Crippen molar-refractivity contribution in [2.45, 2.75) is 37.9 Å². The van der Waals surface area contributed by atoms with Gasteiger partial charge in [-0.05, 0) is 42.2 Å². The molecule has 9 heteroatoms. The average Bonchev–Trinajstić information content (AvgIpc) is 3.27. The predicted octanol–water partition coefficient (Wildman–Crippen LogP) is 4.93. The summed E-state index contributed by atoms with van der Waals surface area (Å²) in [6, 6.07) is 14.2. The molecule has 8 nitrogen and oxygen atoms in total. The van der Waals surface area contributed by atoms with Crippen LogP contribution in [0.5, 0.6) is 11.5 Å². The number of nitrogens with zero attached hydrogens (tertiary/aromatic N) is 3. The molecule has 2 heterocycles. The van der Waals surface area contributed by atoms with Crippen LogP contribution in [0.3, 0.4) is 0 Å². The number of para-hydroxylation sites is 1. The van der Waals surface area contributed by atoms with Crippen molar-refractivity contribution in [3.63, 3.8) is 0 Å². The number of hydrogen-bond acceptors (Lipinski definition) is 8. The van der Waals surface area contributed by atoms with Crippen LogP contribution in [0.15, 0.2) is 65.0 Å². The number of fused-ring (bicyclic) bond motifs is 1. The normalized spacial score (nSPS) is 18.2. The lowest BCUT2D eigenvalue weighted by molar-refractivity contribution is -0.118. The number of rotatable bonds is 7. The predicted molar refractivity (Wildman–Crippen MR) is 138 cm³/mol. The van der Waals surface area contributed by atoms with E-state index in [1.54, 1.807) is 43.2 Å². The first kappa shape index (κ1) is 24.1. The number of nitrogens with one attached hydrogen (secondary N) is 1. The summed E-state index contributed by atoms with van der Waals surface area (Å²) in [7, 11) is 3.21. The van der Waals surface area contributed by atoms with Gasteiger partial charge in [-0.3, -0.25) is 9.59 Å². The molecular weight excluding hydrogens is 476 g/mol. The molecule has 3 aromatic rings. The van der Waals surface area contributed by atoms with E-state index < -0.39 is 6.04 Å². The van der Waals surface area contributed by atoms with E-state index in [-0.39, 0.29) is 22.7 Å². The maximum absolute atomic E-state index is 13.4. The fourth-order valence-corrected chi connectivity index (χ4v) is 5.54. The van der Waals surface area contributed by atoms with Crippen LogP contribution in [0.1, 0.15) is 48.7 Å². The number of methoxy groups -OCH3 is 2. The minimum atomic E-state index is -0.463. The van der Waals surface area contributed by atoms with E-state index in [0.29, 0.717) is 40.2 Å². The Morgan fingerprint density at radius 1 is 1.11 bits per heavy atom. The summed E-state index contributed by atoms with van der Waals surface area (Å²) in [6.45, 7) is 4.19. The molecule has 5 rings (SSSR count). The molecular formula is C27H28N4O4S. The summed E-state index contributed by atoms with van der Waals surface area (Å²) in [5, 5.41) is 8.56. The number of carbonyl (C=O) groups excluding carboxylic acids is 2. The topological polar surface area (TPSA) is 95.3 Å². The van der Waals surface area contributed by atoms with Gasteiger partial charge in [-0.15, -0.1) is 5.10 Å². The van der Waals surface area contributed by atoms with E-state index in [4.69, 9.17) is 14.6 Å². The third-order valence-electron chi connectivity index (χ3n) is 6.49. The number of allylic oxidation sites excluding steroid dienone is 2. The van der Waals surface area contributed by atoms with Crippen LogP contribution < -0.4 is 14.8 Å². The first-order valence-electron chi connectivity index (χ1n) is 11.7. The number of anilines is 1. The molecule has 0 spiro atoms. The largest absolute Gasteiger partial charge is 0.497 e. The summed E-state index contributed by atoms with van der Waals surface area (Å²) in [5.74, 6) is 2.18. The first-order valence-corrected chi connectivity index (χ1v) is 12.7. The van der Waals surface area contributed by atoms with Gasteiger partial charge < -0.3 is 14.8 Å². The highest BCUT2D eigenvalue weighted by Gasteiger charge is 2.42. The molecule has 0 saturated heterocycles. The van der Waals surface area contributed by atoms with Crippen LogP contribution >= 0.6 is 11.8 Å². The number of benzene rings is 2. The Labute approximate surface area is 214 Å². The summed E-state index contributed by atoms with van der Waals surface area (Å²) < 4.78 is 12.6. The number of thioether (sulfide) groups is 1. The molecule has 1 aromatic heterocycles. The second-order valence-corrected chi connectivity index (χ2v) is 10.6. The molecule has 1 atom stereocenters. The van der Waals surface area contributed by atoms with Crippen LogP contribution in [0.4, 0.5) is 5.95 Å². The Hall–Kier alpha value is -3.59. The molecule has 0 bridgehead atoms. The minimum Gasteiger partial charge on any atom is -0.497 e. The number of ketones is 2. The maximum Gasteiger partial charge on any atom is 0.227 e. The lowest BCUT2D eigenvalue weighted by atomic mass is 9.73. The van der Waals surface area contributed by atoms with Crippen molar-refractivity contribution >= 4 is 29.3 Å². The highest BCUT2D eigenvalue weighted by atomic mass is 32.2. The zero-order valence-corrected chi connectivity index (χ0v) is 21.5. The Morgan fingerprint density at radius 3 is 2.58 bits per heavy atom. The molecule has 0 amide bonds. The van der Waals surface area contributed by atoms with Crippen LogP contribution in [-0.4, -0.2) is 46.3 Å². The lowest BCUT2D eigenvalue weighted by Gasteiger charge is -2.38. The number of Topliss-reactive ketones (excluding diaryl/α,β-unsaturated/α-hetero) is 2. The second kappa shape index (κ2) is 9.46. The van der Waals surface area contributed by atoms with Crippen molar-refractivity contribution in [1.82, 2.24) is 14.8 Å². The van der Waals surface area contributed by atoms with Crippen LogP contribution in [0, 0.1) is 5.41 Å². The van der Waals surface area contributed by atoms with Crippen molar-refractivity contribution in [3.8, 4) is 11.5 Å². The summed E-state index contributed by atoms with van der Waals surface area (Å²) >= 11 is 1.27. The fraction of sp³-hybridized carbons (Fsp3) is 0.333. The standard InChI is InChI=1S/C27H28N4O4S/c1-27(2)13-19-23(20(32)14-27)24(18-7-5-6-8-22(18)35-4)31-25(28-19)29-26(30-31)36-15-21(33)16-9-11-17(34-3)12-10-16/h5-12,24H,13-15H2,1-4H3,(H,28,29,30). The summed E-state index contributed by atoms with van der Waals surface area (Å²) in [5.41, 5.74) is 2.86. The third kappa shape index (κ3) is 4.51. The van der Waals surface area contributed by atoms with E-state index in [2.05, 4.69) is 24.1 Å². The van der Waals surface area contributed by atoms with Crippen molar-refractivity contribution in [2.24, 2.45) is 5.41 Å². The van der Waals surface area contributed by atoms with Gasteiger partial charge in [0.2, 0.25) is 11.1 Å². The lowest BCUT2D eigenvalue weighted by Crippen LogP contribution is -2.36. The van der Waals surface area contributed by atoms with E-state index in [1.165, 1.54) is 11.8 Å². The SMILES string of the molecule is COc1ccc(C(=O)CSc2nc3n(n2)C(c2ccccc2OC)C2=C(CC(C)(C)CC2=O)N3)cc1. The fourth-order valence-electron chi connectivity index (χ4n) is 4.82. The van der Waals surface area contributed by atoms with E-state index in [0.717, 1.165) is 17.7 Å². The summed E-state index contributed by atoms with van der Waals surface area (Å²) in [6.07, 6.45) is 1.19. The Kier molecular flexibility index (Phi) is 6.34. The molecule has 1 unspecified atom stereocenters. The van der Waals surface area contributed by atoms with Gasteiger partial charge in [-0.25, -0.2) is 4.68 Å². The molecule has 2 aliphatic rings. The van der Waals surface area contributed by atoms with Gasteiger partial charge in [0.1, 0.15) is 17.5 Å². The zero-order chi connectivity index (χ0) is 25.4. The second-order valence-electron chi connectivity index (χ2n) is 9.71. The Balaban J connectivity index is 1.47. The third-order valence-corrected chi connectivity index (χ3v) is 7.33. The average molecular weight is 505 g/mol. The van der Waals surface area contributed by atoms with Gasteiger partial charge in [-0.1, -0.05) is 43.8 Å². The molecule has 1 aliphatic heterocycles. The Bertz CT molecular complexity index is 1360. The minimum absolute atomic E-state index is 0.0287. The first-order chi connectivity index (χ1) is 17.3. The maximum atomic E-state index is 13.4. The Morgan fingerprint density at radius 2 is 1.86 bits per heavy atom. The molecule has 2 aromatic carbocycles. The van der Waals surface area contributed by atoms with Crippen LogP contribution in [0.2, 0.25) is 0 Å². The van der Waals surface area contributed by atoms with Crippen molar-refractivity contribution in [2.75, 3.05) is 25.3 Å². The molecule has 186 valence electrons. The molecule has 0 fully saturated rings. The van der Waals surface area contributed by atoms with Gasteiger partial charge in [0, 0.05) is 28.8 Å². The summed E-state index contributed by atoms with van der Waals surface area (Å²) in [4.78, 5) is 30.8. The van der Waals surface area contributed by atoms with Crippen molar-refractivity contribution in [3.05, 3.63) is 70.9 Å². The van der Waals surface area contributed by atoms with E-state index in [9.17, 15) is 9.59 Å². The number of carbonyl (C=O) groups is 2. The monoisotopic (exact) mass is 504 g/mol. The highest BCUT2D eigenvalue weighted by molar-refractivity contribution is 7.99. The molecule has 1 N–H and O–H groups in total. The van der Waals surface area contributed by atoms with Crippen LogP contribution in [-0.2, 0) is 4.79 Å². The molecule has 1 aliphatic carbocycles. The number of ether oxygens (including phenoxy) is 2.